The van der Waals surface area contributed by atoms with Gasteiger partial charge in [-0.05, 0) is 37.9 Å². The molecule has 1 saturated heterocycles. The average Bonchev–Trinajstić information content (AvgIpc) is 2.75. The normalized spacial score (nSPS) is 26.6. The Bertz CT molecular complexity index is 642. The molecule has 7 heteroatoms. The Labute approximate surface area is 135 Å². The number of ether oxygens (including phenoxy) is 3. The second kappa shape index (κ2) is 7.00. The summed E-state index contributed by atoms with van der Waals surface area (Å²) in [5.74, 6) is -1.86. The molecule has 2 rings (SSSR count). The first-order chi connectivity index (χ1) is 10.9. The van der Waals surface area contributed by atoms with Gasteiger partial charge in [-0.25, -0.2) is 4.79 Å². The second-order valence-electron chi connectivity index (χ2n) is 5.68. The third-order valence-electron chi connectivity index (χ3n) is 3.83. The number of rotatable bonds is 5. The fourth-order valence-corrected chi connectivity index (χ4v) is 2.66. The molecule has 1 heterocycles. The van der Waals surface area contributed by atoms with Crippen molar-refractivity contribution < 1.29 is 19.0 Å². The molecule has 0 aliphatic carbocycles. The number of azide groups is 1. The van der Waals surface area contributed by atoms with Gasteiger partial charge in [0.05, 0.1) is 5.56 Å². The van der Waals surface area contributed by atoms with Gasteiger partial charge in [0, 0.05) is 24.9 Å². The van der Waals surface area contributed by atoms with Crippen LogP contribution in [0.15, 0.2) is 23.3 Å². The molecule has 0 aromatic heterocycles. The molecule has 0 bridgehead atoms. The molecule has 1 aliphatic rings. The van der Waals surface area contributed by atoms with Gasteiger partial charge < -0.3 is 14.2 Å². The molecule has 0 radical (unpaired) electrons. The zero-order valence-electron chi connectivity index (χ0n) is 13.8. The minimum atomic E-state index is -1.35. The average molecular weight is 319 g/mol. The van der Waals surface area contributed by atoms with Crippen LogP contribution in [0.4, 0.5) is 0 Å². The van der Waals surface area contributed by atoms with Crippen molar-refractivity contribution in [2.75, 3.05) is 6.61 Å². The third-order valence-corrected chi connectivity index (χ3v) is 3.83. The first-order valence-corrected chi connectivity index (χ1v) is 7.54. The van der Waals surface area contributed by atoms with E-state index in [-0.39, 0.29) is 0 Å². The van der Waals surface area contributed by atoms with Gasteiger partial charge in [0.1, 0.15) is 6.04 Å². The van der Waals surface area contributed by atoms with Gasteiger partial charge in [-0.15, -0.1) is 0 Å². The maximum absolute atomic E-state index is 12.5. The standard InChI is InChI=1S/C16H21N3O4/c1-5-21-14-9-13(18-19-17)16(4,22-14)23-15(20)12-7-6-10(2)8-11(12)3/h6-8,13-14H,5,9H2,1-4H3/t13-,14?,16-/m0/s1. The van der Waals surface area contributed by atoms with E-state index in [4.69, 9.17) is 19.7 Å². The Balaban J connectivity index is 2.21. The highest BCUT2D eigenvalue weighted by Gasteiger charge is 2.49. The SMILES string of the molecule is CCOC1C[C@H](N=[N+]=[N-])[C@](C)(OC(=O)c2ccc(C)cc2C)O1. The van der Waals surface area contributed by atoms with E-state index >= 15 is 0 Å². The first kappa shape index (κ1) is 17.3. The second-order valence-corrected chi connectivity index (χ2v) is 5.68. The highest BCUT2D eigenvalue weighted by Crippen LogP contribution is 2.35. The van der Waals surface area contributed by atoms with Crippen LogP contribution in [0.25, 0.3) is 10.4 Å². The molecule has 1 aromatic rings. The van der Waals surface area contributed by atoms with E-state index in [9.17, 15) is 4.79 Å². The van der Waals surface area contributed by atoms with Crippen LogP contribution in [-0.4, -0.2) is 30.7 Å². The smallest absolute Gasteiger partial charge is 0.340 e. The summed E-state index contributed by atoms with van der Waals surface area (Å²) in [5, 5.41) is 3.69. The summed E-state index contributed by atoms with van der Waals surface area (Å²) in [6.45, 7) is 7.67. The predicted molar refractivity (Wildman–Crippen MR) is 83.8 cm³/mol. The molecule has 7 nitrogen and oxygen atoms in total. The lowest BCUT2D eigenvalue weighted by Gasteiger charge is -2.28. The molecule has 124 valence electrons. The van der Waals surface area contributed by atoms with Gasteiger partial charge in [0.2, 0.25) is 5.79 Å². The number of benzene rings is 1. The minimum absolute atomic E-state index is 0.342. The molecule has 3 atom stereocenters. The molecule has 1 aliphatic heterocycles. The Morgan fingerprint density at radius 1 is 1.52 bits per heavy atom. The van der Waals surface area contributed by atoms with Crippen LogP contribution in [0.1, 0.15) is 41.8 Å². The van der Waals surface area contributed by atoms with Crippen molar-refractivity contribution in [2.45, 2.75) is 52.2 Å². The summed E-state index contributed by atoms with van der Waals surface area (Å²) >= 11 is 0. The molecule has 0 saturated carbocycles. The molecular formula is C16H21N3O4. The zero-order valence-corrected chi connectivity index (χ0v) is 13.8. The fourth-order valence-electron chi connectivity index (χ4n) is 2.66. The number of aryl methyl sites for hydroxylation is 2. The molecule has 1 aromatic carbocycles. The number of esters is 1. The number of hydrogen-bond donors (Lipinski definition) is 0. The highest BCUT2D eigenvalue weighted by atomic mass is 16.8. The molecule has 1 unspecified atom stereocenters. The van der Waals surface area contributed by atoms with Crippen molar-refractivity contribution in [3.05, 3.63) is 45.3 Å². The van der Waals surface area contributed by atoms with Crippen LogP contribution in [0.3, 0.4) is 0 Å². The minimum Gasteiger partial charge on any atom is -0.429 e. The Morgan fingerprint density at radius 3 is 2.87 bits per heavy atom. The van der Waals surface area contributed by atoms with E-state index < -0.39 is 24.1 Å². The van der Waals surface area contributed by atoms with Crippen molar-refractivity contribution in [3.8, 4) is 0 Å². The molecule has 0 amide bonds. The Kier molecular flexibility index (Phi) is 5.26. The first-order valence-electron chi connectivity index (χ1n) is 7.54. The molecule has 23 heavy (non-hydrogen) atoms. The maximum atomic E-state index is 12.5. The number of nitrogens with zero attached hydrogens (tertiary/aromatic N) is 3. The van der Waals surface area contributed by atoms with Crippen LogP contribution in [0, 0.1) is 13.8 Å². The van der Waals surface area contributed by atoms with Gasteiger partial charge in [0.25, 0.3) is 0 Å². The lowest BCUT2D eigenvalue weighted by molar-refractivity contribution is -0.241. The van der Waals surface area contributed by atoms with Crippen molar-refractivity contribution in [1.29, 1.82) is 0 Å². The van der Waals surface area contributed by atoms with Crippen LogP contribution in [-0.2, 0) is 14.2 Å². The van der Waals surface area contributed by atoms with Gasteiger partial charge in [-0.2, -0.15) is 0 Å². The largest absolute Gasteiger partial charge is 0.429 e. The molecule has 0 spiro atoms. The third kappa shape index (κ3) is 3.82. The van der Waals surface area contributed by atoms with E-state index in [0.29, 0.717) is 18.6 Å². The number of carbonyl (C=O) groups is 1. The maximum Gasteiger partial charge on any atom is 0.340 e. The van der Waals surface area contributed by atoms with Crippen LogP contribution in [0.2, 0.25) is 0 Å². The van der Waals surface area contributed by atoms with E-state index in [1.54, 1.807) is 13.0 Å². The van der Waals surface area contributed by atoms with Crippen molar-refractivity contribution >= 4 is 5.97 Å². The van der Waals surface area contributed by atoms with Gasteiger partial charge in [-0.3, -0.25) is 0 Å². The predicted octanol–water partition coefficient (Wildman–Crippen LogP) is 3.64. The number of carbonyl (C=O) groups excluding carboxylic acids is 1. The lowest BCUT2D eigenvalue weighted by Crippen LogP contribution is -2.40. The topological polar surface area (TPSA) is 93.5 Å². The Hall–Kier alpha value is -2.08. The van der Waals surface area contributed by atoms with E-state index in [1.807, 2.05) is 32.9 Å². The highest BCUT2D eigenvalue weighted by molar-refractivity contribution is 5.91. The monoisotopic (exact) mass is 319 g/mol. The Morgan fingerprint density at radius 2 is 2.26 bits per heavy atom. The van der Waals surface area contributed by atoms with Gasteiger partial charge in [0.15, 0.2) is 6.29 Å². The van der Waals surface area contributed by atoms with Crippen molar-refractivity contribution in [3.63, 3.8) is 0 Å². The van der Waals surface area contributed by atoms with Crippen LogP contribution >= 0.6 is 0 Å². The summed E-state index contributed by atoms with van der Waals surface area (Å²) < 4.78 is 16.6. The van der Waals surface area contributed by atoms with Gasteiger partial charge >= 0.3 is 5.97 Å². The van der Waals surface area contributed by atoms with Crippen molar-refractivity contribution in [1.82, 2.24) is 0 Å². The summed E-state index contributed by atoms with van der Waals surface area (Å²) in [5.41, 5.74) is 11.1. The lowest BCUT2D eigenvalue weighted by atomic mass is 10.1. The summed E-state index contributed by atoms with van der Waals surface area (Å²) in [7, 11) is 0. The summed E-state index contributed by atoms with van der Waals surface area (Å²) in [6, 6.07) is 4.82. The van der Waals surface area contributed by atoms with E-state index in [2.05, 4.69) is 10.0 Å². The van der Waals surface area contributed by atoms with Crippen molar-refractivity contribution in [2.24, 2.45) is 5.11 Å². The fraction of sp³-hybridized carbons (Fsp3) is 0.562. The van der Waals surface area contributed by atoms with Crippen LogP contribution < -0.4 is 0 Å². The summed E-state index contributed by atoms with van der Waals surface area (Å²) in [4.78, 5) is 15.3. The van der Waals surface area contributed by atoms with Gasteiger partial charge in [-0.1, -0.05) is 22.8 Å². The zero-order chi connectivity index (χ0) is 17.0. The molecule has 0 N–H and O–H groups in total. The van der Waals surface area contributed by atoms with E-state index in [1.165, 1.54) is 0 Å². The summed E-state index contributed by atoms with van der Waals surface area (Å²) in [6.07, 6.45) is -0.221. The van der Waals surface area contributed by atoms with Crippen LogP contribution in [0.5, 0.6) is 0 Å². The van der Waals surface area contributed by atoms with E-state index in [0.717, 1.165) is 11.1 Å². The number of hydrogen-bond acceptors (Lipinski definition) is 5. The molecular weight excluding hydrogens is 298 g/mol. The molecule has 1 fully saturated rings. The quantitative estimate of drug-likeness (QED) is 0.358.